The Kier molecular flexibility index (Phi) is 3.15. The quantitative estimate of drug-likeness (QED) is 0.753. The average molecular weight is 283 g/mol. The van der Waals surface area contributed by atoms with Gasteiger partial charge in [-0.3, -0.25) is 4.98 Å². The number of hydrogen-bond donors (Lipinski definition) is 0. The zero-order chi connectivity index (χ0) is 15.4. The minimum absolute atomic E-state index is 0.324. The molecule has 1 aliphatic heterocycles. The molecule has 110 valence electrons. The van der Waals surface area contributed by atoms with Gasteiger partial charge in [-0.2, -0.15) is 0 Å². The number of rotatable bonds is 1. The molecule has 0 radical (unpaired) electrons. The van der Waals surface area contributed by atoms with E-state index in [1.165, 1.54) is 11.1 Å². The van der Waals surface area contributed by atoms with E-state index in [9.17, 15) is 0 Å². The van der Waals surface area contributed by atoms with Gasteiger partial charge in [-0.05, 0) is 52.7 Å². The van der Waals surface area contributed by atoms with Gasteiger partial charge in [0.25, 0.3) is 0 Å². The molecular formula is C17H22BNO2. The zero-order valence-corrected chi connectivity index (χ0v) is 13.7. The van der Waals surface area contributed by atoms with Gasteiger partial charge in [-0.1, -0.05) is 18.2 Å². The maximum Gasteiger partial charge on any atom is 0.496 e. The fraction of sp³-hybridized carbons (Fsp3) is 0.471. The highest BCUT2D eigenvalue weighted by atomic mass is 16.7. The van der Waals surface area contributed by atoms with Crippen LogP contribution in [0, 0.1) is 13.8 Å². The van der Waals surface area contributed by atoms with Gasteiger partial charge in [0.15, 0.2) is 0 Å². The molecule has 3 nitrogen and oxygen atoms in total. The van der Waals surface area contributed by atoms with Crippen LogP contribution in [0.2, 0.25) is 0 Å². The molecule has 0 unspecified atom stereocenters. The molecule has 0 spiro atoms. The molecule has 1 aromatic carbocycles. The van der Waals surface area contributed by atoms with Gasteiger partial charge in [0.2, 0.25) is 0 Å². The van der Waals surface area contributed by atoms with Gasteiger partial charge in [0.1, 0.15) is 0 Å². The van der Waals surface area contributed by atoms with E-state index in [-0.39, 0.29) is 18.3 Å². The monoisotopic (exact) mass is 283 g/mol. The number of aromatic nitrogens is 1. The molecule has 3 rings (SSSR count). The van der Waals surface area contributed by atoms with Gasteiger partial charge in [-0.15, -0.1) is 0 Å². The summed E-state index contributed by atoms with van der Waals surface area (Å²) in [6.45, 7) is 12.5. The van der Waals surface area contributed by atoms with Crippen LogP contribution in [-0.4, -0.2) is 23.3 Å². The maximum absolute atomic E-state index is 6.09. The molecule has 4 heteroatoms. The minimum Gasteiger partial charge on any atom is -0.399 e. The van der Waals surface area contributed by atoms with Crippen molar-refractivity contribution >= 4 is 23.5 Å². The van der Waals surface area contributed by atoms with E-state index in [1.54, 1.807) is 0 Å². The second-order valence-electron chi connectivity index (χ2n) is 6.94. The first-order chi connectivity index (χ1) is 9.71. The highest BCUT2D eigenvalue weighted by Gasteiger charge is 2.51. The fourth-order valence-corrected chi connectivity index (χ4v) is 2.57. The number of aryl methyl sites for hydroxylation is 2. The Morgan fingerprint density at radius 2 is 1.62 bits per heavy atom. The van der Waals surface area contributed by atoms with Crippen LogP contribution in [0.15, 0.2) is 24.4 Å². The Labute approximate surface area is 126 Å². The summed E-state index contributed by atoms with van der Waals surface area (Å²) in [5, 5.41) is 1.13. The van der Waals surface area contributed by atoms with Crippen molar-refractivity contribution in [3.05, 3.63) is 35.5 Å². The largest absolute Gasteiger partial charge is 0.496 e. The zero-order valence-electron chi connectivity index (χ0n) is 13.7. The molecule has 0 saturated carbocycles. The molecule has 2 aromatic rings. The summed E-state index contributed by atoms with van der Waals surface area (Å²) in [5.74, 6) is 0. The van der Waals surface area contributed by atoms with Crippen molar-refractivity contribution in [1.29, 1.82) is 0 Å². The molecule has 0 aliphatic carbocycles. The molecule has 0 amide bonds. The van der Waals surface area contributed by atoms with Crippen LogP contribution < -0.4 is 5.46 Å². The Bertz CT molecular complexity index is 693. The average Bonchev–Trinajstić information content (AvgIpc) is 2.63. The summed E-state index contributed by atoms with van der Waals surface area (Å²) in [6, 6.07) is 6.36. The lowest BCUT2D eigenvalue weighted by atomic mass is 9.79. The molecule has 1 aliphatic rings. The lowest BCUT2D eigenvalue weighted by Gasteiger charge is -2.32. The number of pyridine rings is 1. The Morgan fingerprint density at radius 1 is 1.00 bits per heavy atom. The van der Waals surface area contributed by atoms with Crippen LogP contribution in [-0.2, 0) is 9.31 Å². The molecule has 21 heavy (non-hydrogen) atoms. The standard InChI is InChI=1S/C17H22BNO2/c1-11-7-8-13-9-14(10-19-15(13)12(11)2)18-20-16(3,4)17(5,6)21-18/h7-10H,1-6H3. The van der Waals surface area contributed by atoms with E-state index >= 15 is 0 Å². The van der Waals surface area contributed by atoms with E-state index in [0.29, 0.717) is 0 Å². The van der Waals surface area contributed by atoms with Crippen LogP contribution in [0.1, 0.15) is 38.8 Å². The van der Waals surface area contributed by atoms with Gasteiger partial charge in [-0.25, -0.2) is 0 Å². The normalized spacial score (nSPS) is 20.2. The first kappa shape index (κ1) is 14.5. The SMILES string of the molecule is Cc1ccc2cc(B3OC(C)(C)C(C)(C)O3)cnc2c1C. The summed E-state index contributed by atoms with van der Waals surface area (Å²) in [6.07, 6.45) is 1.87. The lowest BCUT2D eigenvalue weighted by Crippen LogP contribution is -2.41. The molecule has 0 N–H and O–H groups in total. The van der Waals surface area contributed by atoms with Gasteiger partial charge < -0.3 is 9.31 Å². The Morgan fingerprint density at radius 3 is 2.24 bits per heavy atom. The molecule has 1 fully saturated rings. The third-order valence-electron chi connectivity index (χ3n) is 4.92. The van der Waals surface area contributed by atoms with Crippen molar-refractivity contribution in [1.82, 2.24) is 4.98 Å². The summed E-state index contributed by atoms with van der Waals surface area (Å²) in [7, 11) is -0.353. The number of fused-ring (bicyclic) bond motifs is 1. The van der Waals surface area contributed by atoms with E-state index in [2.05, 4.69) is 64.7 Å². The van der Waals surface area contributed by atoms with Crippen molar-refractivity contribution < 1.29 is 9.31 Å². The summed E-state index contributed by atoms with van der Waals surface area (Å²) < 4.78 is 12.2. The van der Waals surface area contributed by atoms with Crippen molar-refractivity contribution in [2.24, 2.45) is 0 Å². The third kappa shape index (κ3) is 2.27. The number of nitrogens with zero attached hydrogens (tertiary/aromatic N) is 1. The van der Waals surface area contributed by atoms with E-state index in [1.807, 2.05) is 6.20 Å². The van der Waals surface area contributed by atoms with E-state index in [0.717, 1.165) is 16.4 Å². The predicted octanol–water partition coefficient (Wildman–Crippen LogP) is 3.15. The second kappa shape index (κ2) is 4.55. The van der Waals surface area contributed by atoms with Crippen molar-refractivity contribution in [3.8, 4) is 0 Å². The van der Waals surface area contributed by atoms with Crippen LogP contribution >= 0.6 is 0 Å². The van der Waals surface area contributed by atoms with Crippen LogP contribution in [0.5, 0.6) is 0 Å². The highest BCUT2D eigenvalue weighted by Crippen LogP contribution is 2.36. The number of hydrogen-bond acceptors (Lipinski definition) is 3. The second-order valence-corrected chi connectivity index (χ2v) is 6.94. The molecule has 0 bridgehead atoms. The van der Waals surface area contributed by atoms with Crippen LogP contribution in [0.3, 0.4) is 0 Å². The van der Waals surface area contributed by atoms with Gasteiger partial charge in [0.05, 0.1) is 16.7 Å². The van der Waals surface area contributed by atoms with E-state index < -0.39 is 0 Å². The third-order valence-corrected chi connectivity index (χ3v) is 4.92. The topological polar surface area (TPSA) is 31.4 Å². The van der Waals surface area contributed by atoms with Crippen LogP contribution in [0.25, 0.3) is 10.9 Å². The summed E-state index contributed by atoms with van der Waals surface area (Å²) in [5.41, 5.74) is 3.87. The molecular weight excluding hydrogens is 261 g/mol. The lowest BCUT2D eigenvalue weighted by molar-refractivity contribution is 0.00578. The van der Waals surface area contributed by atoms with E-state index in [4.69, 9.17) is 9.31 Å². The summed E-state index contributed by atoms with van der Waals surface area (Å²) in [4.78, 5) is 4.62. The highest BCUT2D eigenvalue weighted by molar-refractivity contribution is 6.62. The minimum atomic E-state index is -0.353. The molecule has 1 saturated heterocycles. The van der Waals surface area contributed by atoms with Gasteiger partial charge in [0, 0.05) is 17.0 Å². The molecule has 1 aromatic heterocycles. The first-order valence-electron chi connectivity index (χ1n) is 7.43. The molecule has 0 atom stereocenters. The van der Waals surface area contributed by atoms with Crippen molar-refractivity contribution in [3.63, 3.8) is 0 Å². The predicted molar refractivity (Wildman–Crippen MR) is 86.9 cm³/mol. The van der Waals surface area contributed by atoms with Crippen molar-refractivity contribution in [2.75, 3.05) is 0 Å². The Hall–Kier alpha value is -1.39. The summed E-state index contributed by atoms with van der Waals surface area (Å²) >= 11 is 0. The fourth-order valence-electron chi connectivity index (χ4n) is 2.57. The van der Waals surface area contributed by atoms with Crippen molar-refractivity contribution in [2.45, 2.75) is 52.7 Å². The number of benzene rings is 1. The maximum atomic E-state index is 6.09. The van der Waals surface area contributed by atoms with Gasteiger partial charge >= 0.3 is 7.12 Å². The smallest absolute Gasteiger partial charge is 0.399 e. The molecule has 2 heterocycles. The first-order valence-corrected chi connectivity index (χ1v) is 7.43. The Balaban J connectivity index is 2.02. The van der Waals surface area contributed by atoms with Crippen LogP contribution in [0.4, 0.5) is 0 Å².